The molecule has 2 saturated carbocycles. The number of aryl methyl sites for hydroxylation is 4. The van der Waals surface area contributed by atoms with E-state index in [9.17, 15) is 14.4 Å². The van der Waals surface area contributed by atoms with Crippen LogP contribution >= 0.6 is 0 Å². The number of carbonyl (C=O) groups is 4. The second-order valence-corrected chi connectivity index (χ2v) is 28.7. The Morgan fingerprint density at radius 1 is 0.365 bits per heavy atom. The van der Waals surface area contributed by atoms with E-state index in [0.29, 0.717) is 70.9 Å². The van der Waals surface area contributed by atoms with Gasteiger partial charge in [-0.05, 0) is 252 Å². The predicted molar refractivity (Wildman–Crippen MR) is 389 cm³/mol. The van der Waals surface area contributed by atoms with E-state index >= 15 is 4.79 Å². The molecule has 9 heteroatoms. The monoisotopic (exact) mass is 1290 g/mol. The average molecular weight is 1290 g/mol. The number of ketones is 2. The second-order valence-electron chi connectivity index (χ2n) is 28.7. The molecule has 0 bridgehead atoms. The molecule has 0 aliphatic heterocycles. The minimum Gasteiger partial charge on any atom is -0.487 e. The van der Waals surface area contributed by atoms with Crippen LogP contribution in [0.1, 0.15) is 264 Å². The molecule has 504 valence electrons. The molecule has 0 unspecified atom stereocenters. The average Bonchev–Trinajstić information content (AvgIpc) is 0.745. The van der Waals surface area contributed by atoms with E-state index in [-0.39, 0.29) is 28.0 Å². The number of ether oxygens (including phenoxy) is 5. The first-order valence-electron chi connectivity index (χ1n) is 35.8. The topological polar surface area (TPSA) is 114 Å². The largest absolute Gasteiger partial charge is 0.487 e. The highest BCUT2D eigenvalue weighted by atomic mass is 16.5. The first-order chi connectivity index (χ1) is 46.0. The minimum absolute atomic E-state index is 0.0519. The zero-order valence-electron chi connectivity index (χ0n) is 59.7. The van der Waals surface area contributed by atoms with Gasteiger partial charge in [0.2, 0.25) is 0 Å². The van der Waals surface area contributed by atoms with Crippen molar-refractivity contribution < 1.29 is 42.9 Å². The van der Waals surface area contributed by atoms with E-state index < -0.39 is 28.4 Å². The second kappa shape index (κ2) is 29.2. The maximum atomic E-state index is 15.5. The van der Waals surface area contributed by atoms with Crippen LogP contribution < -0.4 is 23.7 Å². The Balaban J connectivity index is 0.820. The highest BCUT2D eigenvalue weighted by Gasteiger charge is 2.54. The zero-order valence-corrected chi connectivity index (χ0v) is 59.7. The van der Waals surface area contributed by atoms with Crippen LogP contribution in [0.15, 0.2) is 158 Å². The van der Waals surface area contributed by atoms with Gasteiger partial charge in [-0.1, -0.05) is 168 Å². The summed E-state index contributed by atoms with van der Waals surface area (Å²) in [7, 11) is 0. The molecule has 0 amide bonds. The van der Waals surface area contributed by atoms with Gasteiger partial charge in [-0.15, -0.1) is 0 Å². The molecular weight excluding hydrogens is 1190 g/mol. The van der Waals surface area contributed by atoms with Crippen molar-refractivity contribution >= 4 is 34.3 Å². The van der Waals surface area contributed by atoms with E-state index in [1.165, 1.54) is 35.1 Å². The molecular formula is C87H102O9. The van der Waals surface area contributed by atoms with Crippen molar-refractivity contribution in [2.45, 2.75) is 228 Å². The van der Waals surface area contributed by atoms with E-state index in [0.717, 1.165) is 115 Å². The number of hydrogen-bond acceptors (Lipinski definition) is 9. The van der Waals surface area contributed by atoms with Crippen LogP contribution in [0.25, 0.3) is 10.8 Å². The van der Waals surface area contributed by atoms with Gasteiger partial charge in [-0.2, -0.15) is 0 Å². The molecule has 8 aromatic rings. The summed E-state index contributed by atoms with van der Waals surface area (Å²) in [5.74, 6) is 3.19. The molecule has 0 radical (unpaired) electrons. The molecule has 8 aromatic carbocycles. The van der Waals surface area contributed by atoms with Crippen LogP contribution in [-0.4, -0.2) is 34.7 Å². The summed E-state index contributed by atoms with van der Waals surface area (Å²) >= 11 is 0. The fraction of sp³-hybridized carbons (Fsp3) is 0.425. The van der Waals surface area contributed by atoms with E-state index in [1.807, 2.05) is 77.1 Å². The van der Waals surface area contributed by atoms with Gasteiger partial charge in [-0.25, -0.2) is 9.59 Å². The lowest BCUT2D eigenvalue weighted by Gasteiger charge is -2.49. The Labute approximate surface area is 572 Å². The van der Waals surface area contributed by atoms with Gasteiger partial charge >= 0.3 is 11.9 Å². The lowest BCUT2D eigenvalue weighted by atomic mass is 9.61. The quantitative estimate of drug-likeness (QED) is 0.0297. The summed E-state index contributed by atoms with van der Waals surface area (Å²) in [6.45, 7) is 29.3. The molecule has 0 saturated heterocycles. The molecule has 0 aromatic heterocycles. The number of esters is 2. The van der Waals surface area contributed by atoms with Crippen molar-refractivity contribution in [3.05, 3.63) is 224 Å². The van der Waals surface area contributed by atoms with Gasteiger partial charge in [0.1, 0.15) is 45.7 Å². The molecule has 0 heterocycles. The minimum atomic E-state index is -0.860. The van der Waals surface area contributed by atoms with Crippen LogP contribution in [0.4, 0.5) is 0 Å². The standard InChI is InChI=1S/C87H102O9/c1-15-82(12,13)78(88)62-32-40-72(41-33-62)92-73-42-34-63(35-43-73)80(90)93-74-44-36-68(52-58(74)8)85(50-26-23-27-51-85)71-39-47-77(61(11)55-71)96-87(20-6,21-7)86(18-4,19-5)79(89)66-30-28-65-57-67(31-29-64(65)56-66)81(91)94-75-45-37-69(53-59(75)9)84(48-24-22-25-49-84)70-38-46-76(60(10)54-70)95-83(14,16-2)17-3/h28-47,52-57H,15-27,48-51H2,1-14H3. The van der Waals surface area contributed by atoms with E-state index in [4.69, 9.17) is 23.7 Å². The molecule has 0 spiro atoms. The Hall–Kier alpha value is -8.30. The van der Waals surface area contributed by atoms with Gasteiger partial charge < -0.3 is 23.7 Å². The van der Waals surface area contributed by atoms with Crippen LogP contribution in [0, 0.1) is 38.5 Å². The highest BCUT2D eigenvalue weighted by Crippen LogP contribution is 2.52. The summed E-state index contributed by atoms with van der Waals surface area (Å²) in [4.78, 5) is 56.1. The van der Waals surface area contributed by atoms with Crippen LogP contribution in [0.3, 0.4) is 0 Å². The molecule has 2 fully saturated rings. The Morgan fingerprint density at radius 2 is 0.740 bits per heavy atom. The van der Waals surface area contributed by atoms with Crippen molar-refractivity contribution in [1.82, 2.24) is 0 Å². The molecule has 96 heavy (non-hydrogen) atoms. The van der Waals surface area contributed by atoms with Crippen molar-refractivity contribution in [2.24, 2.45) is 10.8 Å². The summed E-state index contributed by atoms with van der Waals surface area (Å²) in [5.41, 5.74) is 8.31. The normalized spacial score (nSPS) is 15.0. The number of rotatable bonds is 26. The lowest BCUT2D eigenvalue weighted by molar-refractivity contribution is -0.0553. The summed E-state index contributed by atoms with van der Waals surface area (Å²) in [6.07, 6.45) is 16.0. The molecule has 10 rings (SSSR count). The number of carbonyl (C=O) groups excluding carboxylic acids is 4. The first kappa shape index (κ1) is 70.5. The van der Waals surface area contributed by atoms with Gasteiger partial charge in [0, 0.05) is 27.4 Å². The van der Waals surface area contributed by atoms with Crippen LogP contribution in [0.5, 0.6) is 34.5 Å². The molecule has 2 aliphatic carbocycles. The molecule has 2 aliphatic rings. The lowest BCUT2D eigenvalue weighted by Crippen LogP contribution is -2.56. The van der Waals surface area contributed by atoms with Crippen LogP contribution in [-0.2, 0) is 10.8 Å². The molecule has 0 atom stereocenters. The summed E-state index contributed by atoms with van der Waals surface area (Å²) in [6, 6.07) is 51.5. The fourth-order valence-electron chi connectivity index (χ4n) is 15.6. The predicted octanol–water partition coefficient (Wildman–Crippen LogP) is 23.0. The van der Waals surface area contributed by atoms with Gasteiger partial charge in [0.25, 0.3) is 0 Å². The van der Waals surface area contributed by atoms with Crippen LogP contribution in [0.2, 0.25) is 0 Å². The first-order valence-corrected chi connectivity index (χ1v) is 35.8. The summed E-state index contributed by atoms with van der Waals surface area (Å²) < 4.78 is 32.3. The van der Waals surface area contributed by atoms with E-state index in [2.05, 4.69) is 123 Å². The fourth-order valence-corrected chi connectivity index (χ4v) is 15.6. The van der Waals surface area contributed by atoms with Gasteiger partial charge in [0.15, 0.2) is 11.6 Å². The third kappa shape index (κ3) is 14.0. The van der Waals surface area contributed by atoms with Gasteiger partial charge in [0.05, 0.1) is 16.5 Å². The van der Waals surface area contributed by atoms with Gasteiger partial charge in [-0.3, -0.25) is 9.59 Å². The Morgan fingerprint density at radius 3 is 1.14 bits per heavy atom. The number of fused-ring (bicyclic) bond motifs is 1. The summed E-state index contributed by atoms with van der Waals surface area (Å²) in [5, 5.41) is 1.71. The molecule has 0 N–H and O–H groups in total. The smallest absolute Gasteiger partial charge is 0.343 e. The zero-order chi connectivity index (χ0) is 68.8. The maximum absolute atomic E-state index is 15.5. The highest BCUT2D eigenvalue weighted by molar-refractivity contribution is 6.05. The number of Topliss-reactive ketones (excluding diaryl/α,β-unsaturated/α-hetero) is 2. The Kier molecular flexibility index (Phi) is 21.4. The van der Waals surface area contributed by atoms with Crippen molar-refractivity contribution in [2.75, 3.05) is 0 Å². The van der Waals surface area contributed by atoms with Crippen molar-refractivity contribution in [3.63, 3.8) is 0 Å². The Bertz CT molecular complexity index is 4100. The number of benzene rings is 8. The van der Waals surface area contributed by atoms with Crippen molar-refractivity contribution in [3.8, 4) is 34.5 Å². The van der Waals surface area contributed by atoms with Crippen molar-refractivity contribution in [1.29, 1.82) is 0 Å². The van der Waals surface area contributed by atoms with E-state index in [1.54, 1.807) is 54.6 Å². The third-order valence-electron chi connectivity index (χ3n) is 22.8. The number of hydrogen-bond donors (Lipinski definition) is 0. The molecule has 9 nitrogen and oxygen atoms in total. The SMILES string of the molecule is CCC(C)(CC)Oc1ccc(C2(c3ccc(OC(=O)c4ccc5cc(C(=O)C(CC)(CC)C(CC)(CC)Oc6ccc(C7(c8ccc(OC(=O)c9ccc(Oc%10ccc(C(=O)C(C)(C)CC)cc%10)cc9)c(C)c8)CCCCC7)cc6C)ccc5c4)c(C)c3)CCCCC2)cc1C. The third-order valence-corrected chi connectivity index (χ3v) is 22.8. The maximum Gasteiger partial charge on any atom is 0.343 e.